The lowest BCUT2D eigenvalue weighted by molar-refractivity contribution is 0.175. The summed E-state index contributed by atoms with van der Waals surface area (Å²) in [5.41, 5.74) is 0.597. The first-order valence-corrected chi connectivity index (χ1v) is 8.47. The quantitative estimate of drug-likeness (QED) is 0.531. The highest BCUT2D eigenvalue weighted by Gasteiger charge is 2.31. The van der Waals surface area contributed by atoms with Gasteiger partial charge in [0, 0.05) is 6.54 Å². The molecule has 1 N–H and O–H groups in total. The zero-order valence-corrected chi connectivity index (χ0v) is 13.1. The summed E-state index contributed by atoms with van der Waals surface area (Å²) in [5.74, 6) is 1.03. The van der Waals surface area contributed by atoms with E-state index in [1.165, 1.54) is 77.3 Å². The van der Waals surface area contributed by atoms with Crippen LogP contribution in [0.4, 0.5) is 0 Å². The van der Waals surface area contributed by atoms with E-state index in [-0.39, 0.29) is 0 Å². The van der Waals surface area contributed by atoms with E-state index in [0.717, 1.165) is 5.92 Å². The Kier molecular flexibility index (Phi) is 7.97. The molecule has 1 aliphatic rings. The first kappa shape index (κ1) is 16.0. The Bertz CT molecular complexity index is 196. The van der Waals surface area contributed by atoms with Gasteiger partial charge in [-0.3, -0.25) is 0 Å². The van der Waals surface area contributed by atoms with Crippen molar-refractivity contribution < 1.29 is 0 Å². The number of unbranched alkanes of at least 4 members (excludes halogenated alkanes) is 1. The fraction of sp³-hybridized carbons (Fsp3) is 1.00. The van der Waals surface area contributed by atoms with Gasteiger partial charge in [-0.2, -0.15) is 0 Å². The van der Waals surface area contributed by atoms with Crippen LogP contribution in [-0.2, 0) is 0 Å². The maximum absolute atomic E-state index is 3.71. The molecule has 1 nitrogen and oxygen atoms in total. The molecule has 1 rings (SSSR count). The van der Waals surface area contributed by atoms with Crippen molar-refractivity contribution in [2.45, 2.75) is 85.0 Å². The Morgan fingerprint density at radius 2 is 1.78 bits per heavy atom. The molecule has 1 heteroatoms. The summed E-state index contributed by atoms with van der Waals surface area (Å²) in [6.07, 6.45) is 14.3. The number of rotatable bonds is 10. The lowest BCUT2D eigenvalue weighted by Crippen LogP contribution is -2.36. The predicted molar refractivity (Wildman–Crippen MR) is 82.0 cm³/mol. The minimum Gasteiger partial charge on any atom is -0.316 e. The van der Waals surface area contributed by atoms with Crippen LogP contribution in [0.2, 0.25) is 0 Å². The Morgan fingerprint density at radius 3 is 2.33 bits per heavy atom. The van der Waals surface area contributed by atoms with Crippen LogP contribution in [-0.4, -0.2) is 13.1 Å². The molecule has 1 atom stereocenters. The Hall–Kier alpha value is -0.0400. The Labute approximate surface area is 115 Å². The molecule has 0 saturated heterocycles. The van der Waals surface area contributed by atoms with E-state index in [1.54, 1.807) is 0 Å². The predicted octanol–water partition coefficient (Wildman–Crippen LogP) is 5.15. The van der Waals surface area contributed by atoms with E-state index in [0.29, 0.717) is 5.41 Å². The summed E-state index contributed by atoms with van der Waals surface area (Å²) in [6, 6.07) is 0. The molecular formula is C17H35N. The summed E-state index contributed by atoms with van der Waals surface area (Å²) in [6.45, 7) is 9.46. The van der Waals surface area contributed by atoms with Crippen LogP contribution in [0.25, 0.3) is 0 Å². The standard InChI is InChI=1S/C17H35N/c1-4-7-12-17(6-3,15-18-13-5-2)14-16-10-8-9-11-16/h16,18H,4-15H2,1-3H3. The van der Waals surface area contributed by atoms with Crippen LogP contribution in [0, 0.1) is 11.3 Å². The van der Waals surface area contributed by atoms with Gasteiger partial charge in [-0.05, 0) is 43.6 Å². The van der Waals surface area contributed by atoms with Crippen molar-refractivity contribution in [3.05, 3.63) is 0 Å². The van der Waals surface area contributed by atoms with Crippen LogP contribution in [0.15, 0.2) is 0 Å². The molecule has 1 saturated carbocycles. The van der Waals surface area contributed by atoms with Crippen LogP contribution < -0.4 is 5.32 Å². The third-order valence-corrected chi connectivity index (χ3v) is 4.93. The SMILES string of the molecule is CCCCC(CC)(CNCCC)CC1CCCC1. The highest BCUT2D eigenvalue weighted by Crippen LogP contribution is 2.40. The molecule has 0 aromatic heterocycles. The molecule has 0 heterocycles. The van der Waals surface area contributed by atoms with Crippen molar-refractivity contribution in [1.29, 1.82) is 0 Å². The second-order valence-electron chi connectivity index (χ2n) is 6.49. The van der Waals surface area contributed by atoms with E-state index >= 15 is 0 Å². The monoisotopic (exact) mass is 253 g/mol. The van der Waals surface area contributed by atoms with Crippen molar-refractivity contribution in [2.75, 3.05) is 13.1 Å². The topological polar surface area (TPSA) is 12.0 Å². The van der Waals surface area contributed by atoms with E-state index in [1.807, 2.05) is 0 Å². The number of hydrogen-bond acceptors (Lipinski definition) is 1. The van der Waals surface area contributed by atoms with Crippen LogP contribution in [0.3, 0.4) is 0 Å². The van der Waals surface area contributed by atoms with Gasteiger partial charge in [0.2, 0.25) is 0 Å². The average molecular weight is 253 g/mol. The molecule has 0 spiro atoms. The molecule has 0 radical (unpaired) electrons. The van der Waals surface area contributed by atoms with Gasteiger partial charge in [0.1, 0.15) is 0 Å². The van der Waals surface area contributed by atoms with Gasteiger partial charge in [-0.1, -0.05) is 59.3 Å². The maximum Gasteiger partial charge on any atom is 0.000780 e. The molecular weight excluding hydrogens is 218 g/mol. The van der Waals surface area contributed by atoms with E-state index in [2.05, 4.69) is 26.1 Å². The van der Waals surface area contributed by atoms with Crippen molar-refractivity contribution in [3.8, 4) is 0 Å². The Balaban J connectivity index is 2.50. The minimum atomic E-state index is 0.597. The summed E-state index contributed by atoms with van der Waals surface area (Å²) in [5, 5.41) is 3.71. The fourth-order valence-electron chi connectivity index (χ4n) is 3.62. The van der Waals surface area contributed by atoms with E-state index < -0.39 is 0 Å². The summed E-state index contributed by atoms with van der Waals surface area (Å²) >= 11 is 0. The normalized spacial score (nSPS) is 20.2. The number of hydrogen-bond donors (Lipinski definition) is 1. The minimum absolute atomic E-state index is 0.597. The second-order valence-corrected chi connectivity index (χ2v) is 6.49. The van der Waals surface area contributed by atoms with Gasteiger partial charge in [-0.15, -0.1) is 0 Å². The molecule has 1 fully saturated rings. The summed E-state index contributed by atoms with van der Waals surface area (Å²) in [7, 11) is 0. The zero-order valence-electron chi connectivity index (χ0n) is 13.1. The summed E-state index contributed by atoms with van der Waals surface area (Å²) < 4.78 is 0. The van der Waals surface area contributed by atoms with Gasteiger partial charge in [0.15, 0.2) is 0 Å². The van der Waals surface area contributed by atoms with Crippen LogP contribution >= 0.6 is 0 Å². The van der Waals surface area contributed by atoms with Gasteiger partial charge in [0.25, 0.3) is 0 Å². The summed E-state index contributed by atoms with van der Waals surface area (Å²) in [4.78, 5) is 0. The van der Waals surface area contributed by atoms with Gasteiger partial charge in [0.05, 0.1) is 0 Å². The maximum atomic E-state index is 3.71. The first-order chi connectivity index (χ1) is 8.76. The zero-order chi connectivity index (χ0) is 13.3. The van der Waals surface area contributed by atoms with Crippen molar-refractivity contribution in [1.82, 2.24) is 5.32 Å². The molecule has 1 unspecified atom stereocenters. The van der Waals surface area contributed by atoms with Gasteiger partial charge >= 0.3 is 0 Å². The van der Waals surface area contributed by atoms with Crippen molar-refractivity contribution in [3.63, 3.8) is 0 Å². The van der Waals surface area contributed by atoms with E-state index in [9.17, 15) is 0 Å². The highest BCUT2D eigenvalue weighted by atomic mass is 14.9. The lowest BCUT2D eigenvalue weighted by atomic mass is 9.73. The lowest BCUT2D eigenvalue weighted by Gasteiger charge is -2.36. The molecule has 0 amide bonds. The van der Waals surface area contributed by atoms with Gasteiger partial charge in [-0.25, -0.2) is 0 Å². The molecule has 0 aromatic rings. The van der Waals surface area contributed by atoms with Crippen molar-refractivity contribution >= 4 is 0 Å². The molecule has 0 bridgehead atoms. The molecule has 0 aromatic carbocycles. The molecule has 0 aliphatic heterocycles. The average Bonchev–Trinajstić information content (AvgIpc) is 2.89. The highest BCUT2D eigenvalue weighted by molar-refractivity contribution is 4.85. The number of nitrogens with one attached hydrogen (secondary N) is 1. The fourth-order valence-corrected chi connectivity index (χ4v) is 3.62. The smallest absolute Gasteiger partial charge is 0.000780 e. The van der Waals surface area contributed by atoms with Crippen molar-refractivity contribution in [2.24, 2.45) is 11.3 Å². The first-order valence-electron chi connectivity index (χ1n) is 8.47. The van der Waals surface area contributed by atoms with E-state index in [4.69, 9.17) is 0 Å². The van der Waals surface area contributed by atoms with Gasteiger partial charge < -0.3 is 5.32 Å². The largest absolute Gasteiger partial charge is 0.316 e. The third-order valence-electron chi connectivity index (χ3n) is 4.93. The third kappa shape index (κ3) is 5.30. The second kappa shape index (κ2) is 8.96. The molecule has 108 valence electrons. The molecule has 18 heavy (non-hydrogen) atoms. The van der Waals surface area contributed by atoms with Crippen LogP contribution in [0.5, 0.6) is 0 Å². The van der Waals surface area contributed by atoms with Crippen LogP contribution in [0.1, 0.15) is 85.0 Å². The Morgan fingerprint density at radius 1 is 1.06 bits per heavy atom. The molecule has 1 aliphatic carbocycles.